The number of methoxy groups -OCH3 is 1. The Kier molecular flexibility index (Phi) is 4.76. The molecule has 0 atom stereocenters. The lowest BCUT2D eigenvalue weighted by molar-refractivity contribution is -0.110. The third-order valence-corrected chi connectivity index (χ3v) is 6.16. The zero-order valence-corrected chi connectivity index (χ0v) is 17.8. The second-order valence-corrected chi connectivity index (χ2v) is 8.34. The Morgan fingerprint density at radius 2 is 2.19 bits per heavy atom. The number of benzene rings is 1. The zero-order valence-electron chi connectivity index (χ0n) is 16.2. The fraction of sp³-hybridized carbons (Fsp3) is 0.0952. The van der Waals surface area contributed by atoms with Crippen molar-refractivity contribution in [2.24, 2.45) is 0 Å². The number of amides is 2. The highest BCUT2D eigenvalue weighted by Gasteiger charge is 2.29. The number of nitrogens with one attached hydrogen (secondary N) is 4. The zero-order chi connectivity index (χ0) is 21.5. The van der Waals surface area contributed by atoms with E-state index in [1.165, 1.54) is 11.3 Å². The first-order valence-corrected chi connectivity index (χ1v) is 10.5. The van der Waals surface area contributed by atoms with Crippen molar-refractivity contribution in [3.63, 3.8) is 0 Å². The minimum atomic E-state index is -0.246. The van der Waals surface area contributed by atoms with E-state index in [0.717, 1.165) is 11.0 Å². The fourth-order valence-corrected chi connectivity index (χ4v) is 4.56. The van der Waals surface area contributed by atoms with Gasteiger partial charge < -0.3 is 25.3 Å². The molecule has 1 aliphatic heterocycles. The molecule has 0 aliphatic carbocycles. The number of H-pyrrole nitrogens is 2. The van der Waals surface area contributed by atoms with Crippen molar-refractivity contribution in [2.75, 3.05) is 12.4 Å². The molecule has 0 saturated carbocycles. The smallest absolute Gasteiger partial charge is 0.261 e. The summed E-state index contributed by atoms with van der Waals surface area (Å²) in [4.78, 5) is 36.2. The minimum absolute atomic E-state index is 0.217. The van der Waals surface area contributed by atoms with Crippen molar-refractivity contribution in [3.8, 4) is 5.75 Å². The van der Waals surface area contributed by atoms with Crippen LogP contribution in [0.15, 0.2) is 36.5 Å². The highest BCUT2D eigenvalue weighted by atomic mass is 35.5. The lowest BCUT2D eigenvalue weighted by atomic mass is 10.1. The molecule has 0 radical (unpaired) electrons. The summed E-state index contributed by atoms with van der Waals surface area (Å²) in [5.41, 5.74) is 3.43. The van der Waals surface area contributed by atoms with Crippen molar-refractivity contribution in [2.45, 2.75) is 6.54 Å². The van der Waals surface area contributed by atoms with E-state index in [9.17, 15) is 9.59 Å². The molecule has 2 amide bonds. The van der Waals surface area contributed by atoms with E-state index in [1.807, 2.05) is 6.07 Å². The van der Waals surface area contributed by atoms with Crippen molar-refractivity contribution >= 4 is 62.4 Å². The number of nitrogens with zero attached hydrogens (tertiary/aromatic N) is 1. The number of halogens is 1. The molecule has 0 unspecified atom stereocenters. The molecule has 5 rings (SSSR count). The molecule has 31 heavy (non-hydrogen) atoms. The molecule has 3 aromatic heterocycles. The predicted molar refractivity (Wildman–Crippen MR) is 120 cm³/mol. The number of aromatic nitrogens is 3. The van der Waals surface area contributed by atoms with E-state index in [1.54, 1.807) is 43.6 Å². The highest BCUT2D eigenvalue weighted by Crippen LogP contribution is 2.40. The van der Waals surface area contributed by atoms with Crippen molar-refractivity contribution in [3.05, 3.63) is 63.5 Å². The molecule has 4 aromatic rings. The normalized spacial score (nSPS) is 14.1. The molecule has 0 bridgehead atoms. The number of carbonyl (C=O) groups is 2. The summed E-state index contributed by atoms with van der Waals surface area (Å²) in [5, 5.41) is 6.93. The summed E-state index contributed by atoms with van der Waals surface area (Å²) in [6.07, 6.45) is 3.45. The predicted octanol–water partition coefficient (Wildman–Crippen LogP) is 4.04. The molecule has 8 nitrogen and oxygen atoms in total. The Balaban J connectivity index is 1.34. The lowest BCUT2D eigenvalue weighted by Gasteiger charge is -2.02. The van der Waals surface area contributed by atoms with Crippen LogP contribution in [0.1, 0.15) is 26.8 Å². The van der Waals surface area contributed by atoms with Crippen LogP contribution in [0.3, 0.4) is 0 Å². The van der Waals surface area contributed by atoms with Crippen molar-refractivity contribution in [1.82, 2.24) is 20.3 Å². The molecular weight excluding hydrogens is 438 g/mol. The molecule has 0 saturated heterocycles. The Hall–Kier alpha value is -3.56. The van der Waals surface area contributed by atoms with Gasteiger partial charge >= 0.3 is 0 Å². The van der Waals surface area contributed by atoms with Crippen molar-refractivity contribution < 1.29 is 14.3 Å². The molecular formula is C21H16ClN5O3S. The van der Waals surface area contributed by atoms with Gasteiger partial charge in [-0.05, 0) is 36.4 Å². The van der Waals surface area contributed by atoms with Crippen LogP contribution in [0, 0.1) is 0 Å². The standard InChI is InChI=1S/C21H16ClN5O3S/c1-30-16-4-5-23-15(16)7-11-12-8-17(31-21(12)27-19(11)28)20(29)24-9-18-25-13-3-2-10(22)6-14(13)26-18/h2-8,23H,9H2,1H3,(H,24,29)(H,25,26)(H,27,28). The lowest BCUT2D eigenvalue weighted by Crippen LogP contribution is -2.22. The van der Waals surface area contributed by atoms with E-state index in [4.69, 9.17) is 16.3 Å². The number of rotatable bonds is 5. The first kappa shape index (κ1) is 19.4. The number of hydrogen-bond donors (Lipinski definition) is 4. The van der Waals surface area contributed by atoms with E-state index in [0.29, 0.717) is 43.3 Å². The fourth-order valence-electron chi connectivity index (χ4n) is 3.40. The monoisotopic (exact) mass is 453 g/mol. The summed E-state index contributed by atoms with van der Waals surface area (Å²) >= 11 is 7.22. The summed E-state index contributed by atoms with van der Waals surface area (Å²) in [7, 11) is 1.56. The summed E-state index contributed by atoms with van der Waals surface area (Å²) < 4.78 is 5.28. The van der Waals surface area contributed by atoms with Crippen LogP contribution < -0.4 is 15.4 Å². The first-order chi connectivity index (χ1) is 15.0. The van der Waals surface area contributed by atoms with Gasteiger partial charge in [0.2, 0.25) is 0 Å². The van der Waals surface area contributed by atoms with Gasteiger partial charge in [-0.15, -0.1) is 11.3 Å². The van der Waals surface area contributed by atoms with Crippen LogP contribution in [0.25, 0.3) is 22.7 Å². The molecule has 4 heterocycles. The average Bonchev–Trinajstić information content (AvgIpc) is 3.50. The third-order valence-electron chi connectivity index (χ3n) is 4.87. The van der Waals surface area contributed by atoms with E-state index >= 15 is 0 Å². The average molecular weight is 454 g/mol. The molecule has 0 fully saturated rings. The number of aromatic amines is 2. The summed E-state index contributed by atoms with van der Waals surface area (Å²) in [6.45, 7) is 0.239. The number of imidazole rings is 1. The van der Waals surface area contributed by atoms with Crippen LogP contribution in [0.4, 0.5) is 5.00 Å². The molecule has 0 spiro atoms. The number of carbonyl (C=O) groups excluding carboxylic acids is 2. The molecule has 10 heteroatoms. The van der Waals surface area contributed by atoms with Gasteiger partial charge in [0.1, 0.15) is 16.6 Å². The van der Waals surface area contributed by atoms with Gasteiger partial charge in [0.05, 0.1) is 40.8 Å². The number of hydrogen-bond acceptors (Lipinski definition) is 5. The van der Waals surface area contributed by atoms with Crippen LogP contribution in [-0.2, 0) is 11.3 Å². The van der Waals surface area contributed by atoms with Gasteiger partial charge in [-0.1, -0.05) is 11.6 Å². The minimum Gasteiger partial charge on any atom is -0.495 e. The van der Waals surface area contributed by atoms with Crippen LogP contribution in [0.2, 0.25) is 5.02 Å². The Bertz CT molecular complexity index is 1370. The van der Waals surface area contributed by atoms with Gasteiger partial charge in [-0.25, -0.2) is 4.98 Å². The Morgan fingerprint density at radius 3 is 3.03 bits per heavy atom. The van der Waals surface area contributed by atoms with Gasteiger partial charge in [-0.3, -0.25) is 9.59 Å². The van der Waals surface area contributed by atoms with Gasteiger partial charge in [0.25, 0.3) is 11.8 Å². The van der Waals surface area contributed by atoms with Crippen molar-refractivity contribution in [1.29, 1.82) is 0 Å². The van der Waals surface area contributed by atoms with E-state index in [-0.39, 0.29) is 18.4 Å². The van der Waals surface area contributed by atoms with E-state index in [2.05, 4.69) is 25.6 Å². The number of thiophene rings is 1. The van der Waals surface area contributed by atoms with Gasteiger partial charge in [0.15, 0.2) is 0 Å². The molecule has 1 aromatic carbocycles. The van der Waals surface area contributed by atoms with Crippen LogP contribution >= 0.6 is 22.9 Å². The number of ether oxygens (including phenoxy) is 1. The highest BCUT2D eigenvalue weighted by molar-refractivity contribution is 7.18. The van der Waals surface area contributed by atoms with Gasteiger partial charge in [-0.2, -0.15) is 0 Å². The second kappa shape index (κ2) is 7.60. The topological polar surface area (TPSA) is 112 Å². The first-order valence-electron chi connectivity index (χ1n) is 9.33. The SMILES string of the molecule is COc1cc[nH]c1C=C1C(=O)Nc2sc(C(=O)NCc3nc4ccc(Cl)cc4[nH]3)cc21. The molecule has 156 valence electrons. The Labute approximate surface area is 185 Å². The van der Waals surface area contributed by atoms with Crippen LogP contribution in [-0.4, -0.2) is 33.9 Å². The third kappa shape index (κ3) is 3.58. The van der Waals surface area contributed by atoms with Crippen LogP contribution in [0.5, 0.6) is 5.75 Å². The number of anilines is 1. The maximum absolute atomic E-state index is 12.7. The quantitative estimate of drug-likeness (QED) is 0.342. The largest absolute Gasteiger partial charge is 0.495 e. The Morgan fingerprint density at radius 1 is 1.32 bits per heavy atom. The molecule has 4 N–H and O–H groups in total. The maximum Gasteiger partial charge on any atom is 0.261 e. The number of fused-ring (bicyclic) bond motifs is 2. The second-order valence-electron chi connectivity index (χ2n) is 6.85. The summed E-state index contributed by atoms with van der Waals surface area (Å²) in [5.74, 6) is 0.797. The molecule has 1 aliphatic rings. The van der Waals surface area contributed by atoms with E-state index < -0.39 is 0 Å². The maximum atomic E-state index is 12.7. The van der Waals surface area contributed by atoms with Gasteiger partial charge in [0, 0.05) is 16.8 Å². The summed E-state index contributed by atoms with van der Waals surface area (Å²) in [6, 6.07) is 8.86.